The molecule has 0 spiro atoms. The van der Waals surface area contributed by atoms with Crippen molar-refractivity contribution in [1.29, 1.82) is 0 Å². The molecule has 0 N–H and O–H groups in total. The van der Waals surface area contributed by atoms with E-state index in [-0.39, 0.29) is 18.3 Å². The van der Waals surface area contributed by atoms with Gasteiger partial charge in [0, 0.05) is 17.1 Å². The first-order valence-corrected chi connectivity index (χ1v) is 9.97. The molecule has 0 saturated carbocycles. The molecule has 0 aliphatic heterocycles. The quantitative estimate of drug-likeness (QED) is 0.462. The molecule has 0 fully saturated rings. The van der Waals surface area contributed by atoms with Crippen LogP contribution in [0.25, 0.3) is 10.2 Å². The van der Waals surface area contributed by atoms with Crippen molar-refractivity contribution in [2.24, 2.45) is 4.99 Å². The number of methoxy groups -OCH3 is 1. The van der Waals surface area contributed by atoms with Crippen molar-refractivity contribution in [3.63, 3.8) is 0 Å². The van der Waals surface area contributed by atoms with E-state index >= 15 is 0 Å². The van der Waals surface area contributed by atoms with E-state index in [0.717, 1.165) is 16.2 Å². The maximum absolute atomic E-state index is 13.5. The number of hydrogen-bond acceptors (Lipinski definition) is 4. The number of hydrogen-bond donors (Lipinski definition) is 0. The minimum atomic E-state index is -0.328. The first-order chi connectivity index (χ1) is 13.1. The smallest absolute Gasteiger partial charge is 0.249 e. The summed E-state index contributed by atoms with van der Waals surface area (Å²) in [5.74, 6) is 3.41. The summed E-state index contributed by atoms with van der Waals surface area (Å²) < 4.78 is 21.0. The van der Waals surface area contributed by atoms with E-state index in [9.17, 15) is 9.18 Å². The van der Waals surface area contributed by atoms with Crippen molar-refractivity contribution in [2.45, 2.75) is 17.9 Å². The standard InChI is InChI=1S/C20H17FN2O2S2/c1-3-11-23-17-9-4-14(21)13-18(17)27-20(23)22-19(24)10-12-26-16-7-5-15(25-2)6-8-16/h1,4-9,13H,10-12H2,2H3. The Morgan fingerprint density at radius 2 is 2.11 bits per heavy atom. The summed E-state index contributed by atoms with van der Waals surface area (Å²) in [6.07, 6.45) is 5.73. The molecule has 0 bridgehead atoms. The highest BCUT2D eigenvalue weighted by Crippen LogP contribution is 2.22. The van der Waals surface area contributed by atoms with Gasteiger partial charge in [0.2, 0.25) is 5.91 Å². The predicted octanol–water partition coefficient (Wildman–Crippen LogP) is 4.09. The van der Waals surface area contributed by atoms with E-state index in [0.29, 0.717) is 21.7 Å². The van der Waals surface area contributed by atoms with Crippen LogP contribution in [0.3, 0.4) is 0 Å². The highest BCUT2D eigenvalue weighted by Gasteiger charge is 2.08. The van der Waals surface area contributed by atoms with Crippen LogP contribution in [0.15, 0.2) is 52.4 Å². The molecule has 0 aliphatic carbocycles. The molecule has 3 rings (SSSR count). The molecule has 0 radical (unpaired) electrons. The Morgan fingerprint density at radius 1 is 1.33 bits per heavy atom. The maximum Gasteiger partial charge on any atom is 0.249 e. The third kappa shape index (κ3) is 4.79. The van der Waals surface area contributed by atoms with Crippen molar-refractivity contribution >= 4 is 39.2 Å². The number of thiazole rings is 1. The molecule has 0 atom stereocenters. The van der Waals surface area contributed by atoms with Gasteiger partial charge in [-0.15, -0.1) is 18.2 Å². The summed E-state index contributed by atoms with van der Waals surface area (Å²) >= 11 is 2.84. The zero-order chi connectivity index (χ0) is 19.2. The SMILES string of the molecule is C#CCn1c(=NC(=O)CCSc2ccc(OC)cc2)sc2cc(F)ccc21. The van der Waals surface area contributed by atoms with Crippen molar-refractivity contribution in [2.75, 3.05) is 12.9 Å². The Labute approximate surface area is 164 Å². The summed E-state index contributed by atoms with van der Waals surface area (Å²) in [4.78, 5) is 18.0. The predicted molar refractivity (Wildman–Crippen MR) is 108 cm³/mol. The van der Waals surface area contributed by atoms with Crippen molar-refractivity contribution in [3.8, 4) is 18.1 Å². The fraction of sp³-hybridized carbons (Fsp3) is 0.200. The minimum absolute atomic E-state index is 0.228. The highest BCUT2D eigenvalue weighted by atomic mass is 32.2. The number of ether oxygens (including phenoxy) is 1. The molecule has 0 aliphatic rings. The Hall–Kier alpha value is -2.56. The van der Waals surface area contributed by atoms with Crippen LogP contribution in [0.4, 0.5) is 4.39 Å². The summed E-state index contributed by atoms with van der Waals surface area (Å²) in [7, 11) is 1.62. The summed E-state index contributed by atoms with van der Waals surface area (Å²) in [5.41, 5.74) is 0.776. The fourth-order valence-corrected chi connectivity index (χ4v) is 4.38. The number of carbonyl (C=O) groups excluding carboxylic acids is 1. The monoisotopic (exact) mass is 400 g/mol. The molecule has 3 aromatic rings. The van der Waals surface area contributed by atoms with Crippen LogP contribution in [-0.2, 0) is 11.3 Å². The van der Waals surface area contributed by atoms with E-state index in [4.69, 9.17) is 11.2 Å². The minimum Gasteiger partial charge on any atom is -0.497 e. The molecule has 27 heavy (non-hydrogen) atoms. The van der Waals surface area contributed by atoms with Gasteiger partial charge in [-0.2, -0.15) is 4.99 Å². The van der Waals surface area contributed by atoms with Gasteiger partial charge in [-0.25, -0.2) is 4.39 Å². The Balaban J connectivity index is 1.72. The molecule has 4 nitrogen and oxygen atoms in total. The molecular formula is C20H17FN2O2S2. The molecule has 0 saturated heterocycles. The van der Waals surface area contributed by atoms with Gasteiger partial charge in [0.15, 0.2) is 4.80 Å². The number of fused-ring (bicyclic) bond motifs is 1. The first kappa shape index (κ1) is 19.2. The molecule has 1 amide bonds. The van der Waals surface area contributed by atoms with Crippen molar-refractivity contribution in [1.82, 2.24) is 4.57 Å². The van der Waals surface area contributed by atoms with Gasteiger partial charge in [0.25, 0.3) is 0 Å². The van der Waals surface area contributed by atoms with Crippen LogP contribution >= 0.6 is 23.1 Å². The van der Waals surface area contributed by atoms with Crippen LogP contribution in [0.2, 0.25) is 0 Å². The molecule has 7 heteroatoms. The van der Waals surface area contributed by atoms with Crippen LogP contribution < -0.4 is 9.54 Å². The second-order valence-electron chi connectivity index (χ2n) is 5.57. The van der Waals surface area contributed by atoms with Crippen LogP contribution in [-0.4, -0.2) is 23.3 Å². The van der Waals surface area contributed by atoms with Gasteiger partial charge in [-0.3, -0.25) is 4.79 Å². The van der Waals surface area contributed by atoms with Gasteiger partial charge in [0.1, 0.15) is 11.6 Å². The number of carbonyl (C=O) groups is 1. The zero-order valence-corrected chi connectivity index (χ0v) is 16.3. The van der Waals surface area contributed by atoms with Crippen LogP contribution in [0.5, 0.6) is 5.75 Å². The Kier molecular flexibility index (Phi) is 6.32. The van der Waals surface area contributed by atoms with Crippen LogP contribution in [0.1, 0.15) is 6.42 Å². The molecule has 138 valence electrons. The molecule has 1 heterocycles. The highest BCUT2D eigenvalue weighted by molar-refractivity contribution is 7.99. The topological polar surface area (TPSA) is 43.6 Å². The van der Waals surface area contributed by atoms with E-state index in [1.54, 1.807) is 29.5 Å². The second kappa shape index (κ2) is 8.89. The zero-order valence-electron chi connectivity index (χ0n) is 14.6. The summed E-state index contributed by atoms with van der Waals surface area (Å²) in [6.45, 7) is 0.276. The second-order valence-corrected chi connectivity index (χ2v) is 7.74. The van der Waals surface area contributed by atoms with Crippen molar-refractivity contribution in [3.05, 3.63) is 53.1 Å². The maximum atomic E-state index is 13.5. The summed E-state index contributed by atoms with van der Waals surface area (Å²) in [5, 5.41) is 0. The van der Waals surface area contributed by atoms with Crippen LogP contribution in [0, 0.1) is 18.2 Å². The molecule has 0 unspecified atom stereocenters. The summed E-state index contributed by atoms with van der Waals surface area (Å²) in [6, 6.07) is 12.1. The normalized spacial score (nSPS) is 11.5. The lowest BCUT2D eigenvalue weighted by Gasteiger charge is -2.02. The van der Waals surface area contributed by atoms with Gasteiger partial charge in [0.05, 0.1) is 23.9 Å². The lowest BCUT2D eigenvalue weighted by Crippen LogP contribution is -2.16. The van der Waals surface area contributed by atoms with E-state index in [2.05, 4.69) is 10.9 Å². The molecular weight excluding hydrogens is 383 g/mol. The van der Waals surface area contributed by atoms with Gasteiger partial charge in [-0.1, -0.05) is 17.3 Å². The number of benzene rings is 2. The number of amides is 1. The number of halogens is 1. The fourth-order valence-electron chi connectivity index (χ4n) is 2.47. The lowest BCUT2D eigenvalue weighted by molar-refractivity contribution is -0.117. The van der Waals surface area contributed by atoms with Gasteiger partial charge in [-0.05, 0) is 42.5 Å². The van der Waals surface area contributed by atoms with Crippen molar-refractivity contribution < 1.29 is 13.9 Å². The first-order valence-electron chi connectivity index (χ1n) is 8.17. The van der Waals surface area contributed by atoms with E-state index < -0.39 is 0 Å². The lowest BCUT2D eigenvalue weighted by atomic mass is 10.3. The van der Waals surface area contributed by atoms with E-state index in [1.807, 2.05) is 24.3 Å². The number of rotatable bonds is 6. The third-order valence-corrected chi connectivity index (χ3v) is 5.81. The largest absolute Gasteiger partial charge is 0.497 e. The average Bonchev–Trinajstić information content (AvgIpc) is 2.98. The Morgan fingerprint density at radius 3 is 2.81 bits per heavy atom. The average molecular weight is 401 g/mol. The Bertz CT molecular complexity index is 1060. The number of aromatic nitrogens is 1. The van der Waals surface area contributed by atoms with E-state index in [1.165, 1.54) is 23.5 Å². The van der Waals surface area contributed by atoms with Gasteiger partial charge >= 0.3 is 0 Å². The number of nitrogens with zero attached hydrogens (tertiary/aromatic N) is 2. The molecule has 1 aromatic heterocycles. The molecule has 2 aromatic carbocycles. The number of terminal acetylenes is 1. The third-order valence-electron chi connectivity index (χ3n) is 3.76. The number of thioether (sulfide) groups is 1. The van der Waals surface area contributed by atoms with Gasteiger partial charge < -0.3 is 9.30 Å².